The Morgan fingerprint density at radius 2 is 2.25 bits per heavy atom. The van der Waals surface area contributed by atoms with Crippen LogP contribution in [0.15, 0.2) is 30.5 Å². The van der Waals surface area contributed by atoms with E-state index in [1.165, 1.54) is 16.5 Å². The summed E-state index contributed by atoms with van der Waals surface area (Å²) >= 11 is 0. The van der Waals surface area contributed by atoms with Crippen LogP contribution in [0, 0.1) is 12.3 Å². The molecule has 0 saturated heterocycles. The molecule has 0 spiro atoms. The first-order valence-electron chi connectivity index (χ1n) is 5.61. The highest BCUT2D eigenvalue weighted by Gasteiger charge is 2.00. The van der Waals surface area contributed by atoms with E-state index < -0.39 is 0 Å². The lowest BCUT2D eigenvalue weighted by Gasteiger charge is -2.05. The first-order valence-corrected chi connectivity index (χ1v) is 5.61. The van der Waals surface area contributed by atoms with Crippen LogP contribution in [0.4, 0.5) is 0 Å². The summed E-state index contributed by atoms with van der Waals surface area (Å²) in [7, 11) is 0. The van der Waals surface area contributed by atoms with Gasteiger partial charge in [-0.1, -0.05) is 12.1 Å². The fourth-order valence-electron chi connectivity index (χ4n) is 1.84. The lowest BCUT2D eigenvalue weighted by Crippen LogP contribution is -2.14. The van der Waals surface area contributed by atoms with Crippen molar-refractivity contribution in [1.82, 2.24) is 10.3 Å². The Morgan fingerprint density at radius 1 is 1.31 bits per heavy atom. The van der Waals surface area contributed by atoms with E-state index in [9.17, 15) is 0 Å². The van der Waals surface area contributed by atoms with Gasteiger partial charge >= 0.3 is 0 Å². The van der Waals surface area contributed by atoms with Gasteiger partial charge in [0.05, 0.1) is 0 Å². The number of H-pyrrole nitrogens is 1. The van der Waals surface area contributed by atoms with E-state index in [0.29, 0.717) is 0 Å². The molecule has 0 fully saturated rings. The lowest BCUT2D eigenvalue weighted by molar-refractivity contribution is 0.661. The molecule has 0 amide bonds. The van der Waals surface area contributed by atoms with Crippen molar-refractivity contribution in [2.24, 2.45) is 0 Å². The summed E-state index contributed by atoms with van der Waals surface area (Å²) in [5.74, 6) is 2.65. The molecule has 16 heavy (non-hydrogen) atoms. The van der Waals surface area contributed by atoms with Crippen LogP contribution in [0.5, 0.6) is 0 Å². The molecule has 1 aromatic heterocycles. The van der Waals surface area contributed by atoms with Crippen molar-refractivity contribution in [1.29, 1.82) is 0 Å². The number of terminal acetylenes is 1. The van der Waals surface area contributed by atoms with E-state index >= 15 is 0 Å². The summed E-state index contributed by atoms with van der Waals surface area (Å²) in [6.45, 7) is 1.88. The Bertz CT molecular complexity index is 491. The van der Waals surface area contributed by atoms with E-state index in [0.717, 1.165) is 25.9 Å². The summed E-state index contributed by atoms with van der Waals surface area (Å²) in [5.41, 5.74) is 2.53. The predicted molar refractivity (Wildman–Crippen MR) is 68.1 cm³/mol. The average Bonchev–Trinajstić information content (AvgIpc) is 2.77. The Morgan fingerprint density at radius 3 is 3.12 bits per heavy atom. The van der Waals surface area contributed by atoms with Gasteiger partial charge in [-0.3, -0.25) is 0 Å². The number of aromatic amines is 1. The fourth-order valence-corrected chi connectivity index (χ4v) is 1.84. The molecule has 2 aromatic rings. The maximum absolute atomic E-state index is 5.20. The molecule has 1 aromatic carbocycles. The molecule has 0 atom stereocenters. The van der Waals surface area contributed by atoms with E-state index in [1.807, 2.05) is 6.20 Å². The normalized spacial score (nSPS) is 10.4. The van der Waals surface area contributed by atoms with Gasteiger partial charge in [0.25, 0.3) is 0 Å². The van der Waals surface area contributed by atoms with Crippen LogP contribution >= 0.6 is 0 Å². The van der Waals surface area contributed by atoms with Gasteiger partial charge in [-0.25, -0.2) is 0 Å². The average molecular weight is 212 g/mol. The van der Waals surface area contributed by atoms with Crippen molar-refractivity contribution in [2.75, 3.05) is 6.54 Å². The van der Waals surface area contributed by atoms with Crippen LogP contribution < -0.4 is 5.32 Å². The second-order valence-corrected chi connectivity index (χ2v) is 3.84. The van der Waals surface area contributed by atoms with Gasteiger partial charge in [0.2, 0.25) is 0 Å². The molecule has 0 aliphatic carbocycles. The zero-order chi connectivity index (χ0) is 11.2. The number of rotatable bonds is 5. The molecule has 2 heteroatoms. The van der Waals surface area contributed by atoms with Crippen molar-refractivity contribution in [3.63, 3.8) is 0 Å². The smallest absolute Gasteiger partial charge is 0.0457 e. The number of hydrogen-bond acceptors (Lipinski definition) is 1. The van der Waals surface area contributed by atoms with Crippen LogP contribution in [0.3, 0.4) is 0 Å². The molecule has 2 rings (SSSR count). The van der Waals surface area contributed by atoms with Gasteiger partial charge < -0.3 is 10.3 Å². The summed E-state index contributed by atoms with van der Waals surface area (Å²) in [6, 6.07) is 8.45. The molecule has 2 nitrogen and oxygen atoms in total. The van der Waals surface area contributed by atoms with Crippen molar-refractivity contribution in [2.45, 2.75) is 19.4 Å². The molecular weight excluding hydrogens is 196 g/mol. The molecule has 1 heterocycles. The zero-order valence-electron chi connectivity index (χ0n) is 9.29. The number of fused-ring (bicyclic) bond motifs is 1. The van der Waals surface area contributed by atoms with E-state index in [2.05, 4.69) is 40.5 Å². The molecule has 0 bridgehead atoms. The number of aromatic nitrogens is 1. The quantitative estimate of drug-likeness (QED) is 0.579. The van der Waals surface area contributed by atoms with Crippen LogP contribution in [0.2, 0.25) is 0 Å². The molecule has 0 saturated carbocycles. The second kappa shape index (κ2) is 5.39. The van der Waals surface area contributed by atoms with Gasteiger partial charge in [0, 0.05) is 30.1 Å². The van der Waals surface area contributed by atoms with E-state index in [-0.39, 0.29) is 0 Å². The minimum absolute atomic E-state index is 0.849. The minimum Gasteiger partial charge on any atom is -0.361 e. The number of hydrogen-bond donors (Lipinski definition) is 2. The second-order valence-electron chi connectivity index (χ2n) is 3.84. The van der Waals surface area contributed by atoms with Crippen molar-refractivity contribution >= 4 is 10.9 Å². The number of unbranched alkanes of at least 4 members (excludes halogenated alkanes) is 1. The van der Waals surface area contributed by atoms with Crippen molar-refractivity contribution in [3.05, 3.63) is 36.0 Å². The Hall–Kier alpha value is -1.72. The third-order valence-corrected chi connectivity index (χ3v) is 2.68. The maximum Gasteiger partial charge on any atom is 0.0457 e. The molecular formula is C14H16N2. The Labute approximate surface area is 96.1 Å². The summed E-state index contributed by atoms with van der Waals surface area (Å²) < 4.78 is 0. The van der Waals surface area contributed by atoms with Gasteiger partial charge in [-0.15, -0.1) is 12.3 Å². The van der Waals surface area contributed by atoms with Crippen LogP contribution in [0.1, 0.15) is 18.4 Å². The van der Waals surface area contributed by atoms with Crippen LogP contribution in [-0.4, -0.2) is 11.5 Å². The number of benzene rings is 1. The molecule has 0 radical (unpaired) electrons. The van der Waals surface area contributed by atoms with Crippen LogP contribution in [0.25, 0.3) is 10.9 Å². The Kier molecular flexibility index (Phi) is 3.63. The summed E-state index contributed by atoms with van der Waals surface area (Å²) in [6.07, 6.45) is 9.07. The SMILES string of the molecule is C#CCCCNCc1cccc2[nH]ccc12. The van der Waals surface area contributed by atoms with Crippen molar-refractivity contribution < 1.29 is 0 Å². The molecule has 82 valence electrons. The standard InChI is InChI=1S/C14H16N2/c1-2-3-4-9-15-11-12-6-5-7-14-13(12)8-10-16-14/h1,5-8,10,15-16H,3-4,9,11H2. The molecule has 2 N–H and O–H groups in total. The van der Waals surface area contributed by atoms with Gasteiger partial charge in [-0.05, 0) is 30.7 Å². The monoisotopic (exact) mass is 212 g/mol. The van der Waals surface area contributed by atoms with E-state index in [4.69, 9.17) is 6.42 Å². The van der Waals surface area contributed by atoms with Gasteiger partial charge in [0.1, 0.15) is 0 Å². The number of nitrogens with one attached hydrogen (secondary N) is 2. The third kappa shape index (κ3) is 2.44. The lowest BCUT2D eigenvalue weighted by atomic mass is 10.1. The van der Waals surface area contributed by atoms with Crippen molar-refractivity contribution in [3.8, 4) is 12.3 Å². The first kappa shape index (κ1) is 10.8. The first-order chi connectivity index (χ1) is 7.92. The zero-order valence-corrected chi connectivity index (χ0v) is 9.29. The summed E-state index contributed by atoms with van der Waals surface area (Å²) in [5, 5.41) is 4.71. The molecule has 0 aliphatic rings. The third-order valence-electron chi connectivity index (χ3n) is 2.68. The predicted octanol–water partition coefficient (Wildman–Crippen LogP) is 2.67. The van der Waals surface area contributed by atoms with Gasteiger partial charge in [-0.2, -0.15) is 0 Å². The highest BCUT2D eigenvalue weighted by Crippen LogP contribution is 2.16. The van der Waals surface area contributed by atoms with Gasteiger partial charge in [0.15, 0.2) is 0 Å². The summed E-state index contributed by atoms with van der Waals surface area (Å²) in [4.78, 5) is 3.22. The molecule has 0 aliphatic heterocycles. The Balaban J connectivity index is 1.94. The highest BCUT2D eigenvalue weighted by molar-refractivity contribution is 5.82. The topological polar surface area (TPSA) is 27.8 Å². The highest BCUT2D eigenvalue weighted by atomic mass is 14.8. The fraction of sp³-hybridized carbons (Fsp3) is 0.286. The van der Waals surface area contributed by atoms with Crippen LogP contribution in [-0.2, 0) is 6.54 Å². The van der Waals surface area contributed by atoms with E-state index in [1.54, 1.807) is 0 Å². The minimum atomic E-state index is 0.849. The molecule has 0 unspecified atom stereocenters. The largest absolute Gasteiger partial charge is 0.361 e. The maximum atomic E-state index is 5.20.